The Hall–Kier alpha value is -1.16. The number of hydrogen-bond donors (Lipinski definition) is 0. The molecule has 2 nitrogen and oxygen atoms in total. The molecule has 2 aromatic rings. The van der Waals surface area contributed by atoms with Crippen molar-refractivity contribution in [2.24, 2.45) is 0 Å². The molecule has 3 heteroatoms. The molecule has 0 saturated carbocycles. The van der Waals surface area contributed by atoms with Gasteiger partial charge >= 0.3 is 274 Å². The number of hydrogen-bond acceptors (Lipinski definition) is 2. The van der Waals surface area contributed by atoms with Gasteiger partial charge in [0.2, 0.25) is 0 Å². The number of unbranched alkanes of at least 4 members (excludes halogenated alkanes) is 10. The van der Waals surface area contributed by atoms with Gasteiger partial charge in [-0.05, 0) is 0 Å². The van der Waals surface area contributed by atoms with E-state index >= 15 is 0 Å². The van der Waals surface area contributed by atoms with Crippen LogP contribution in [0.15, 0.2) is 36.4 Å². The molecular formula is C40H68O2Sn. The van der Waals surface area contributed by atoms with Crippen LogP contribution in [0.2, 0.25) is 8.87 Å². The summed E-state index contributed by atoms with van der Waals surface area (Å²) in [5, 5.41) is 0. The minimum atomic E-state index is -3.64. The van der Waals surface area contributed by atoms with Crippen molar-refractivity contribution in [1.29, 1.82) is 0 Å². The molecule has 244 valence electrons. The SMILES string of the molecule is CCCCCCC[CH2][Sn]([CH2]CCCCCCC)([O]c1cccc(CCC)c1CCC)[O]c1cccc(CCC)c1CCC. The van der Waals surface area contributed by atoms with Crippen LogP contribution in [0.5, 0.6) is 11.5 Å². The van der Waals surface area contributed by atoms with Crippen LogP contribution in [-0.4, -0.2) is 19.2 Å². The van der Waals surface area contributed by atoms with Crippen molar-refractivity contribution in [3.8, 4) is 11.5 Å². The summed E-state index contributed by atoms with van der Waals surface area (Å²) in [5.41, 5.74) is 5.88. The fourth-order valence-corrected chi connectivity index (χ4v) is 16.5. The predicted octanol–water partition coefficient (Wildman–Crippen LogP) is 13.1. The normalized spacial score (nSPS) is 11.7. The summed E-state index contributed by atoms with van der Waals surface area (Å²) in [7, 11) is 0. The first-order chi connectivity index (χ1) is 21.1. The maximum atomic E-state index is 7.55. The van der Waals surface area contributed by atoms with E-state index in [1.165, 1.54) is 112 Å². The summed E-state index contributed by atoms with van der Waals surface area (Å²) in [6.07, 6.45) is 24.9. The second-order valence-corrected chi connectivity index (χ2v) is 22.2. The van der Waals surface area contributed by atoms with E-state index in [2.05, 4.69) is 77.9 Å². The van der Waals surface area contributed by atoms with Crippen LogP contribution in [0.3, 0.4) is 0 Å². The first-order valence-electron chi connectivity index (χ1n) is 18.7. The van der Waals surface area contributed by atoms with Gasteiger partial charge < -0.3 is 0 Å². The van der Waals surface area contributed by atoms with Crippen LogP contribution < -0.4 is 6.15 Å². The van der Waals surface area contributed by atoms with Gasteiger partial charge in [0, 0.05) is 0 Å². The van der Waals surface area contributed by atoms with Gasteiger partial charge in [0.25, 0.3) is 0 Å². The van der Waals surface area contributed by atoms with Crippen molar-refractivity contribution in [2.75, 3.05) is 0 Å². The topological polar surface area (TPSA) is 18.5 Å². The second-order valence-electron chi connectivity index (χ2n) is 12.9. The molecule has 0 saturated heterocycles. The monoisotopic (exact) mass is 700 g/mol. The molecule has 0 aliphatic heterocycles. The van der Waals surface area contributed by atoms with Crippen molar-refractivity contribution in [3.63, 3.8) is 0 Å². The summed E-state index contributed by atoms with van der Waals surface area (Å²) in [6, 6.07) is 13.7. The Morgan fingerprint density at radius 3 is 1.16 bits per heavy atom. The van der Waals surface area contributed by atoms with Crippen LogP contribution in [0, 0.1) is 0 Å². The molecule has 0 bridgehead atoms. The second kappa shape index (κ2) is 23.2. The molecule has 0 spiro atoms. The van der Waals surface area contributed by atoms with Crippen LogP contribution >= 0.6 is 0 Å². The Morgan fingerprint density at radius 2 is 0.791 bits per heavy atom. The minimum absolute atomic E-state index is 1.09. The molecule has 0 aliphatic rings. The quantitative estimate of drug-likeness (QED) is 0.0719. The Labute approximate surface area is 273 Å². The molecule has 0 unspecified atom stereocenters. The average molecular weight is 700 g/mol. The Balaban J connectivity index is 2.53. The molecule has 2 rings (SSSR count). The summed E-state index contributed by atoms with van der Waals surface area (Å²) >= 11 is -3.64. The Kier molecular flexibility index (Phi) is 20.5. The molecule has 0 heterocycles. The van der Waals surface area contributed by atoms with Gasteiger partial charge in [0.15, 0.2) is 0 Å². The zero-order chi connectivity index (χ0) is 31.2. The van der Waals surface area contributed by atoms with Crippen LogP contribution in [-0.2, 0) is 25.7 Å². The van der Waals surface area contributed by atoms with Gasteiger partial charge in [-0.1, -0.05) is 0 Å². The molecule has 0 atom stereocenters. The summed E-state index contributed by atoms with van der Waals surface area (Å²) in [5.74, 6) is 2.31. The van der Waals surface area contributed by atoms with Gasteiger partial charge in [0.1, 0.15) is 0 Å². The van der Waals surface area contributed by atoms with E-state index in [0.717, 1.165) is 58.9 Å². The average Bonchev–Trinajstić information content (AvgIpc) is 3.00. The van der Waals surface area contributed by atoms with E-state index in [1.807, 2.05) is 0 Å². The molecule has 0 N–H and O–H groups in total. The van der Waals surface area contributed by atoms with Crippen LogP contribution in [0.4, 0.5) is 0 Å². The van der Waals surface area contributed by atoms with Crippen molar-refractivity contribution in [3.05, 3.63) is 58.7 Å². The molecule has 0 fully saturated rings. The molecule has 43 heavy (non-hydrogen) atoms. The van der Waals surface area contributed by atoms with Crippen LogP contribution in [0.25, 0.3) is 0 Å². The van der Waals surface area contributed by atoms with Crippen molar-refractivity contribution >= 4 is 19.2 Å². The van der Waals surface area contributed by atoms with E-state index in [4.69, 9.17) is 6.15 Å². The number of rotatable bonds is 26. The number of aryl methyl sites for hydroxylation is 2. The fraction of sp³-hybridized carbons (Fsp3) is 0.700. The fourth-order valence-electron chi connectivity index (χ4n) is 6.59. The van der Waals surface area contributed by atoms with Crippen molar-refractivity contribution in [2.45, 2.75) is 179 Å². The van der Waals surface area contributed by atoms with E-state index in [9.17, 15) is 0 Å². The van der Waals surface area contributed by atoms with Gasteiger partial charge in [-0.15, -0.1) is 0 Å². The van der Waals surface area contributed by atoms with Gasteiger partial charge in [-0.25, -0.2) is 0 Å². The summed E-state index contributed by atoms with van der Waals surface area (Å²) in [6.45, 7) is 13.8. The zero-order valence-corrected chi connectivity index (χ0v) is 32.2. The first-order valence-corrected chi connectivity index (χ1v) is 25.0. The van der Waals surface area contributed by atoms with Gasteiger partial charge in [0.05, 0.1) is 0 Å². The van der Waals surface area contributed by atoms with Crippen molar-refractivity contribution < 1.29 is 6.15 Å². The molecule has 0 aromatic heterocycles. The third kappa shape index (κ3) is 13.8. The third-order valence-electron chi connectivity index (χ3n) is 8.91. The van der Waals surface area contributed by atoms with Crippen molar-refractivity contribution in [1.82, 2.24) is 0 Å². The Morgan fingerprint density at radius 1 is 0.419 bits per heavy atom. The zero-order valence-electron chi connectivity index (χ0n) is 29.3. The molecule has 2 aromatic carbocycles. The molecule has 0 aliphatic carbocycles. The summed E-state index contributed by atoms with van der Waals surface area (Å²) in [4.78, 5) is 0. The molecule has 0 radical (unpaired) electrons. The van der Waals surface area contributed by atoms with E-state index in [0.29, 0.717) is 0 Å². The third-order valence-corrected chi connectivity index (χ3v) is 18.7. The first kappa shape index (κ1) is 38.0. The Bertz CT molecular complexity index is 905. The number of benzene rings is 2. The summed E-state index contributed by atoms with van der Waals surface area (Å²) < 4.78 is 17.4. The maximum absolute atomic E-state index is 7.55. The van der Waals surface area contributed by atoms with Gasteiger partial charge in [-0.3, -0.25) is 0 Å². The van der Waals surface area contributed by atoms with Crippen LogP contribution in [0.1, 0.15) is 167 Å². The standard InChI is InChI=1S/2C12H18O.2C8H17.Sn/c2*1-3-6-10-8-5-9-12(13)11(10)7-4-2;2*1-3-5-7-8-6-4-2;/h2*5,8-9,13H,3-4,6-7H2,1-2H3;2*1,3-8H2,2H3;/q;;;;+2/p-2. The molecular weight excluding hydrogens is 631 g/mol. The molecule has 0 amide bonds. The van der Waals surface area contributed by atoms with E-state index in [1.54, 1.807) is 0 Å². The van der Waals surface area contributed by atoms with E-state index in [-0.39, 0.29) is 0 Å². The predicted molar refractivity (Wildman–Crippen MR) is 192 cm³/mol. The van der Waals surface area contributed by atoms with E-state index < -0.39 is 19.2 Å². The van der Waals surface area contributed by atoms with Gasteiger partial charge in [-0.2, -0.15) is 0 Å².